The third kappa shape index (κ3) is 1.78. The summed E-state index contributed by atoms with van der Waals surface area (Å²) in [5.74, 6) is -0.0421. The average molecular weight is 310 g/mol. The van der Waals surface area contributed by atoms with Gasteiger partial charge in [-0.3, -0.25) is 4.79 Å². The summed E-state index contributed by atoms with van der Waals surface area (Å²) in [7, 11) is 3.52. The predicted octanol–water partition coefficient (Wildman–Crippen LogP) is 2.51. The molecule has 23 heavy (non-hydrogen) atoms. The molecule has 0 amide bonds. The normalized spacial score (nSPS) is 11.6. The second-order valence-electron chi connectivity index (χ2n) is 5.65. The Labute approximate surface area is 130 Å². The van der Waals surface area contributed by atoms with Crippen LogP contribution in [0.5, 0.6) is 11.6 Å². The summed E-state index contributed by atoms with van der Waals surface area (Å²) < 4.78 is 7.32. The maximum atomic E-state index is 12.3. The second-order valence-corrected chi connectivity index (χ2v) is 5.65. The van der Waals surface area contributed by atoms with E-state index in [2.05, 4.69) is 0 Å². The maximum Gasteiger partial charge on any atom is 0.222 e. The van der Waals surface area contributed by atoms with Gasteiger partial charge in [0.15, 0.2) is 5.43 Å². The van der Waals surface area contributed by atoms with Gasteiger partial charge in [-0.1, -0.05) is 0 Å². The highest BCUT2D eigenvalue weighted by atomic mass is 16.3. The number of phenols is 1. The van der Waals surface area contributed by atoms with Crippen LogP contribution >= 0.6 is 0 Å². The van der Waals surface area contributed by atoms with Crippen molar-refractivity contribution in [2.45, 2.75) is 0 Å². The highest BCUT2D eigenvalue weighted by Gasteiger charge is 2.18. The van der Waals surface area contributed by atoms with E-state index < -0.39 is 0 Å². The Hall–Kier alpha value is -3.15. The molecule has 116 valence electrons. The topological polar surface area (TPSA) is 78.8 Å². The maximum absolute atomic E-state index is 12.3. The van der Waals surface area contributed by atoms with E-state index in [1.807, 2.05) is 0 Å². The van der Waals surface area contributed by atoms with Crippen LogP contribution in [-0.4, -0.2) is 29.0 Å². The highest BCUT2D eigenvalue weighted by Crippen LogP contribution is 2.36. The molecule has 0 atom stereocenters. The summed E-state index contributed by atoms with van der Waals surface area (Å²) in [4.78, 5) is 12.3. The van der Waals surface area contributed by atoms with Crippen LogP contribution in [0.25, 0.3) is 32.7 Å². The molecule has 0 aliphatic rings. The first kappa shape index (κ1) is 13.5. The van der Waals surface area contributed by atoms with Gasteiger partial charge in [-0.25, -0.2) is 4.68 Å². The second kappa shape index (κ2) is 4.42. The van der Waals surface area contributed by atoms with Gasteiger partial charge in [0.2, 0.25) is 5.88 Å². The zero-order chi connectivity index (χ0) is 16.3. The molecular weight excluding hydrogens is 296 g/mol. The van der Waals surface area contributed by atoms with E-state index in [1.165, 1.54) is 10.7 Å². The minimum Gasteiger partial charge on any atom is -0.508 e. The van der Waals surface area contributed by atoms with E-state index >= 15 is 0 Å². The van der Waals surface area contributed by atoms with E-state index in [0.29, 0.717) is 21.9 Å². The Kier molecular flexibility index (Phi) is 2.60. The van der Waals surface area contributed by atoms with Gasteiger partial charge in [0.1, 0.15) is 16.9 Å². The molecule has 2 aromatic heterocycles. The van der Waals surface area contributed by atoms with Crippen LogP contribution in [0.15, 0.2) is 45.7 Å². The van der Waals surface area contributed by atoms with Gasteiger partial charge < -0.3 is 19.6 Å². The third-order valence-corrected chi connectivity index (χ3v) is 3.99. The van der Waals surface area contributed by atoms with Crippen molar-refractivity contribution in [3.63, 3.8) is 0 Å². The molecule has 0 radical (unpaired) electrons. The molecule has 6 heteroatoms. The zero-order valence-electron chi connectivity index (χ0n) is 12.6. The Morgan fingerprint density at radius 1 is 1.00 bits per heavy atom. The molecule has 0 aliphatic carbocycles. The monoisotopic (exact) mass is 310 g/mol. The quantitative estimate of drug-likeness (QED) is 0.417. The molecule has 4 rings (SSSR count). The molecule has 0 unspecified atom stereocenters. The number of aromatic nitrogens is 1. The summed E-state index contributed by atoms with van der Waals surface area (Å²) >= 11 is 0. The molecular formula is C17H14N2O4. The highest BCUT2D eigenvalue weighted by molar-refractivity contribution is 6.18. The standard InChI is InChI=1S/C17H14N2O4/c1-18(2)19-8-11-10-7-9(20)3-5-13(10)23-14-6-4-12(21)16(15(11)14)17(19)22/h3-8,20,22H,1-2H3. The first-order valence-electron chi connectivity index (χ1n) is 7.07. The van der Waals surface area contributed by atoms with E-state index in [0.717, 1.165) is 5.39 Å². The van der Waals surface area contributed by atoms with Crippen LogP contribution in [-0.2, 0) is 0 Å². The molecule has 0 saturated heterocycles. The first-order valence-corrected chi connectivity index (χ1v) is 7.07. The van der Waals surface area contributed by atoms with Crippen molar-refractivity contribution in [1.82, 2.24) is 4.68 Å². The van der Waals surface area contributed by atoms with E-state index in [1.54, 1.807) is 49.6 Å². The van der Waals surface area contributed by atoms with Crippen LogP contribution < -0.4 is 10.4 Å². The lowest BCUT2D eigenvalue weighted by atomic mass is 10.0. The average Bonchev–Trinajstić information content (AvgIpc) is 2.51. The summed E-state index contributed by atoms with van der Waals surface area (Å²) in [5.41, 5.74) is 0.811. The number of nitrogens with zero attached hydrogens (tertiary/aromatic N) is 2. The molecule has 6 nitrogen and oxygen atoms in total. The van der Waals surface area contributed by atoms with E-state index in [9.17, 15) is 15.0 Å². The molecule has 0 saturated carbocycles. The lowest BCUT2D eigenvalue weighted by Gasteiger charge is -2.21. The fourth-order valence-electron chi connectivity index (χ4n) is 2.95. The Bertz CT molecular complexity index is 1140. The number of hydrogen-bond acceptors (Lipinski definition) is 5. The summed E-state index contributed by atoms with van der Waals surface area (Å²) in [6, 6.07) is 7.79. The van der Waals surface area contributed by atoms with Crippen molar-refractivity contribution < 1.29 is 14.6 Å². The van der Waals surface area contributed by atoms with Gasteiger partial charge in [-0.05, 0) is 30.3 Å². The molecule has 2 heterocycles. The van der Waals surface area contributed by atoms with Gasteiger partial charge in [0.25, 0.3) is 0 Å². The minimum atomic E-state index is -0.286. The number of aromatic hydroxyl groups is 2. The van der Waals surface area contributed by atoms with Crippen LogP contribution in [0.2, 0.25) is 0 Å². The first-order chi connectivity index (χ1) is 11.0. The van der Waals surface area contributed by atoms with E-state index in [4.69, 9.17) is 4.42 Å². The van der Waals surface area contributed by atoms with Gasteiger partial charge in [-0.2, -0.15) is 0 Å². The third-order valence-electron chi connectivity index (χ3n) is 3.99. The van der Waals surface area contributed by atoms with Crippen molar-refractivity contribution in [3.8, 4) is 11.6 Å². The van der Waals surface area contributed by atoms with Crippen molar-refractivity contribution >= 4 is 32.7 Å². The summed E-state index contributed by atoms with van der Waals surface area (Å²) in [5, 5.41) is 24.1. The number of pyridine rings is 1. The number of rotatable bonds is 1. The van der Waals surface area contributed by atoms with Crippen LogP contribution in [0.1, 0.15) is 0 Å². The van der Waals surface area contributed by atoms with Crippen molar-refractivity contribution in [2.24, 2.45) is 0 Å². The Morgan fingerprint density at radius 2 is 1.74 bits per heavy atom. The molecule has 2 aromatic carbocycles. The predicted molar refractivity (Wildman–Crippen MR) is 88.9 cm³/mol. The summed E-state index contributed by atoms with van der Waals surface area (Å²) in [6.45, 7) is 0. The number of benzene rings is 2. The number of hydrogen-bond donors (Lipinski definition) is 2. The molecule has 0 fully saturated rings. The lowest BCUT2D eigenvalue weighted by Crippen LogP contribution is -2.25. The Morgan fingerprint density at radius 3 is 2.48 bits per heavy atom. The van der Waals surface area contributed by atoms with Crippen LogP contribution in [0.4, 0.5) is 0 Å². The van der Waals surface area contributed by atoms with E-state index in [-0.39, 0.29) is 22.4 Å². The molecule has 2 N–H and O–H groups in total. The molecule has 4 aromatic rings. The van der Waals surface area contributed by atoms with Gasteiger partial charge in [-0.15, -0.1) is 0 Å². The molecule has 0 aliphatic heterocycles. The fourth-order valence-corrected chi connectivity index (χ4v) is 2.95. The van der Waals surface area contributed by atoms with Crippen molar-refractivity contribution in [2.75, 3.05) is 19.1 Å². The van der Waals surface area contributed by atoms with Gasteiger partial charge in [0, 0.05) is 36.5 Å². The number of phenolic OH excluding ortho intramolecular Hbond substituents is 1. The Balaban J connectivity index is 2.39. The smallest absolute Gasteiger partial charge is 0.222 e. The van der Waals surface area contributed by atoms with Crippen molar-refractivity contribution in [3.05, 3.63) is 46.8 Å². The summed E-state index contributed by atoms with van der Waals surface area (Å²) in [6.07, 6.45) is 1.72. The molecule has 0 bridgehead atoms. The van der Waals surface area contributed by atoms with Crippen molar-refractivity contribution in [1.29, 1.82) is 0 Å². The van der Waals surface area contributed by atoms with Crippen LogP contribution in [0, 0.1) is 0 Å². The van der Waals surface area contributed by atoms with Gasteiger partial charge >= 0.3 is 0 Å². The van der Waals surface area contributed by atoms with Crippen LogP contribution in [0.3, 0.4) is 0 Å². The fraction of sp³-hybridized carbons (Fsp3) is 0.118. The number of fused-ring (bicyclic) bond motifs is 2. The largest absolute Gasteiger partial charge is 0.508 e. The van der Waals surface area contributed by atoms with Gasteiger partial charge in [0.05, 0.1) is 5.39 Å². The minimum absolute atomic E-state index is 0.103. The lowest BCUT2D eigenvalue weighted by molar-refractivity contribution is 0.422. The SMILES string of the molecule is CN(C)n1cc2c3cc(O)ccc3oc3ccc(=O)c(c1O)c32. The zero-order valence-corrected chi connectivity index (χ0v) is 12.6. The molecule has 0 spiro atoms.